The van der Waals surface area contributed by atoms with Gasteiger partial charge in [-0.2, -0.15) is 0 Å². The van der Waals surface area contributed by atoms with Crippen molar-refractivity contribution >= 4 is 17.9 Å². The topological polar surface area (TPSA) is 255 Å². The summed E-state index contributed by atoms with van der Waals surface area (Å²) in [7, 11) is 0. The minimum Gasteiger partial charge on any atom is -0.478 e. The molecular formula is C37H56N4O13. The van der Waals surface area contributed by atoms with E-state index in [1.54, 1.807) is 30.9 Å². The maximum Gasteiger partial charge on any atom is 0.339 e. The summed E-state index contributed by atoms with van der Waals surface area (Å²) in [5, 5.41) is 63.3. The van der Waals surface area contributed by atoms with Gasteiger partial charge in [-0.15, -0.1) is 6.58 Å². The zero-order chi connectivity index (χ0) is 39.4. The number of carbonyl (C=O) groups is 2. The lowest BCUT2D eigenvalue weighted by Crippen LogP contribution is -2.61. The molecule has 8 atom stereocenters. The van der Waals surface area contributed by atoms with Crippen LogP contribution in [-0.4, -0.2) is 142 Å². The standard InChI is InChI=1S/C37H56N4O13/c1-4-24-25(12-11-22-17-41(14-16-43)18-26(33(47)48)29(22)40-37(38)39-13-8-15-42)27(34(49)52-23-9-6-5-7-10-23)20-50-35(24)54-36-32(51-21(2)3)31(46)30(45)28(19-44)53-36/h4,11-12,18,20-21,23-25,28,30-32,35-36,42-46H,1,5-10,13-17,19H2,2-3H3,(H,47,48)(H3,38,39,40)/b12-11+/t24-,25+,28-,30-,31+,32-,35+,36+/m1/s1. The van der Waals surface area contributed by atoms with E-state index in [1.807, 2.05) is 0 Å². The van der Waals surface area contributed by atoms with E-state index in [1.165, 1.54) is 18.5 Å². The number of nitrogens with one attached hydrogen (secondary N) is 1. The Morgan fingerprint density at radius 1 is 1.13 bits per heavy atom. The second-order valence-corrected chi connectivity index (χ2v) is 13.8. The number of carboxylic acid groups (broad SMARTS) is 1. The number of β-amino-alcohol motifs (C(OH)–C–C–N with tert-alkyl or cyclic N) is 1. The Morgan fingerprint density at radius 3 is 2.50 bits per heavy atom. The summed E-state index contributed by atoms with van der Waals surface area (Å²) < 4.78 is 29.9. The summed E-state index contributed by atoms with van der Waals surface area (Å²) in [5.74, 6) is -3.60. The predicted octanol–water partition coefficient (Wildman–Crippen LogP) is 0.144. The van der Waals surface area contributed by atoms with Gasteiger partial charge in [0.2, 0.25) is 6.29 Å². The number of allylic oxidation sites excluding steroid dienone is 1. The maximum absolute atomic E-state index is 13.8. The third-order valence-corrected chi connectivity index (χ3v) is 9.52. The molecule has 0 aromatic carbocycles. The number of carboxylic acids is 1. The van der Waals surface area contributed by atoms with Crippen molar-refractivity contribution in [1.82, 2.24) is 10.2 Å². The third-order valence-electron chi connectivity index (χ3n) is 9.52. The van der Waals surface area contributed by atoms with Crippen LogP contribution in [0.4, 0.5) is 0 Å². The largest absolute Gasteiger partial charge is 0.478 e. The van der Waals surface area contributed by atoms with E-state index in [0.717, 1.165) is 32.1 Å². The van der Waals surface area contributed by atoms with Gasteiger partial charge >= 0.3 is 11.9 Å². The summed E-state index contributed by atoms with van der Waals surface area (Å²) in [5.41, 5.74) is 6.67. The Balaban J connectivity index is 1.75. The van der Waals surface area contributed by atoms with Crippen LogP contribution in [0.25, 0.3) is 0 Å². The van der Waals surface area contributed by atoms with Gasteiger partial charge in [-0.05, 0) is 51.5 Å². The smallest absolute Gasteiger partial charge is 0.339 e. The van der Waals surface area contributed by atoms with Gasteiger partial charge in [0.05, 0.1) is 48.3 Å². The van der Waals surface area contributed by atoms with Crippen molar-refractivity contribution in [2.75, 3.05) is 39.5 Å². The summed E-state index contributed by atoms with van der Waals surface area (Å²) in [6.45, 7) is 6.95. The highest BCUT2D eigenvalue weighted by molar-refractivity contribution is 5.95. The highest BCUT2D eigenvalue weighted by Gasteiger charge is 2.49. The van der Waals surface area contributed by atoms with Crippen LogP contribution in [0.5, 0.6) is 0 Å². The first-order valence-corrected chi connectivity index (χ1v) is 18.4. The Morgan fingerprint density at radius 2 is 1.87 bits per heavy atom. The van der Waals surface area contributed by atoms with Crippen LogP contribution in [0.15, 0.2) is 64.7 Å². The fourth-order valence-electron chi connectivity index (χ4n) is 6.78. The lowest BCUT2D eigenvalue weighted by atomic mass is 9.83. The SMILES string of the molecule is C=C[C@H]1[C@H](O[C@@H]2O[C@H](CO)[C@@H](O)[C@H](O)[C@H]2OC(C)C)OC=C(C(=O)OC2CCCCC2)[C@H]1/C=C/C1=C(NC(N)=NCCCO)C(C(=O)O)=CN(CCO)C1. The average molecular weight is 765 g/mol. The first kappa shape index (κ1) is 42.9. The number of aliphatic imine (C=N–C) groups is 1. The number of hydrogen-bond donors (Lipinski definition) is 8. The van der Waals surface area contributed by atoms with E-state index in [0.29, 0.717) is 12.0 Å². The van der Waals surface area contributed by atoms with E-state index in [2.05, 4.69) is 16.9 Å². The number of rotatable bonds is 17. The number of aliphatic hydroxyl groups excluding tert-OH is 5. The van der Waals surface area contributed by atoms with Gasteiger partial charge in [-0.25, -0.2) is 9.59 Å². The third kappa shape index (κ3) is 11.1. The minimum atomic E-state index is -1.48. The number of hydrogen-bond acceptors (Lipinski definition) is 14. The maximum atomic E-state index is 13.8. The number of aliphatic hydroxyl groups is 5. The Labute approximate surface area is 315 Å². The first-order chi connectivity index (χ1) is 25.9. The van der Waals surface area contributed by atoms with E-state index < -0.39 is 73.5 Å². The van der Waals surface area contributed by atoms with Crippen molar-refractivity contribution in [3.8, 4) is 0 Å². The molecule has 3 heterocycles. The van der Waals surface area contributed by atoms with Crippen LogP contribution in [0.3, 0.4) is 0 Å². The van der Waals surface area contributed by atoms with Crippen molar-refractivity contribution in [2.24, 2.45) is 22.6 Å². The summed E-state index contributed by atoms with van der Waals surface area (Å²) in [6.07, 6.45) is 3.64. The van der Waals surface area contributed by atoms with Crippen molar-refractivity contribution in [2.45, 2.75) is 102 Å². The molecule has 0 unspecified atom stereocenters. The Hall–Kier alpha value is -3.81. The molecule has 0 amide bonds. The molecule has 1 saturated heterocycles. The fraction of sp³-hybridized carbons (Fsp3) is 0.649. The average Bonchev–Trinajstić information content (AvgIpc) is 3.14. The molecule has 1 saturated carbocycles. The van der Waals surface area contributed by atoms with Gasteiger partial charge in [0.1, 0.15) is 30.5 Å². The van der Waals surface area contributed by atoms with Crippen LogP contribution in [-0.2, 0) is 33.3 Å². The molecule has 3 aliphatic heterocycles. The van der Waals surface area contributed by atoms with E-state index >= 15 is 0 Å². The molecular weight excluding hydrogens is 708 g/mol. The number of carbonyl (C=O) groups excluding carboxylic acids is 1. The summed E-state index contributed by atoms with van der Waals surface area (Å²) in [6, 6.07) is 0. The van der Waals surface area contributed by atoms with Crippen LogP contribution >= 0.6 is 0 Å². The second kappa shape index (κ2) is 20.8. The molecule has 302 valence electrons. The zero-order valence-corrected chi connectivity index (χ0v) is 30.9. The molecule has 0 aromatic heterocycles. The molecule has 17 nitrogen and oxygen atoms in total. The number of aliphatic carboxylic acids is 1. The van der Waals surface area contributed by atoms with Crippen LogP contribution in [0.1, 0.15) is 52.4 Å². The van der Waals surface area contributed by atoms with Gasteiger partial charge in [-0.3, -0.25) is 4.99 Å². The number of nitrogens with two attached hydrogens (primary N) is 1. The molecule has 4 aliphatic rings. The van der Waals surface area contributed by atoms with Gasteiger partial charge in [0.25, 0.3) is 0 Å². The molecule has 17 heteroatoms. The molecule has 0 spiro atoms. The van der Waals surface area contributed by atoms with Crippen molar-refractivity contribution in [1.29, 1.82) is 0 Å². The van der Waals surface area contributed by atoms with Crippen LogP contribution in [0, 0.1) is 11.8 Å². The first-order valence-electron chi connectivity index (χ1n) is 18.4. The number of guanidine groups is 1. The Bertz CT molecular complexity index is 1440. The van der Waals surface area contributed by atoms with Crippen molar-refractivity contribution in [3.05, 3.63) is 59.7 Å². The molecule has 2 fully saturated rings. The van der Waals surface area contributed by atoms with Crippen molar-refractivity contribution in [3.63, 3.8) is 0 Å². The Kier molecular flexibility index (Phi) is 16.5. The lowest BCUT2D eigenvalue weighted by Gasteiger charge is -2.44. The molecule has 0 radical (unpaired) electrons. The fourth-order valence-corrected chi connectivity index (χ4v) is 6.78. The number of nitrogens with zero attached hydrogens (tertiary/aromatic N) is 2. The van der Waals surface area contributed by atoms with Crippen LogP contribution in [0.2, 0.25) is 0 Å². The molecule has 0 aromatic rings. The molecule has 0 bridgehead atoms. The molecule has 4 rings (SSSR count). The van der Waals surface area contributed by atoms with Crippen molar-refractivity contribution < 1.29 is 63.9 Å². The minimum absolute atomic E-state index is 0.0774. The monoisotopic (exact) mass is 764 g/mol. The zero-order valence-electron chi connectivity index (χ0n) is 30.9. The van der Waals surface area contributed by atoms with E-state index in [4.69, 9.17) is 34.5 Å². The second-order valence-electron chi connectivity index (χ2n) is 13.8. The van der Waals surface area contributed by atoms with Gasteiger partial charge < -0.3 is 70.3 Å². The quantitative estimate of drug-likeness (QED) is 0.0322. The molecule has 9 N–H and O–H groups in total. The lowest BCUT2D eigenvalue weighted by molar-refractivity contribution is -0.348. The van der Waals surface area contributed by atoms with E-state index in [9.17, 15) is 35.1 Å². The van der Waals surface area contributed by atoms with E-state index in [-0.39, 0.29) is 61.8 Å². The molecule has 1 aliphatic carbocycles. The van der Waals surface area contributed by atoms with Gasteiger partial charge in [-0.1, -0.05) is 24.6 Å². The number of esters is 1. The molecule has 54 heavy (non-hydrogen) atoms. The van der Waals surface area contributed by atoms with Crippen LogP contribution < -0.4 is 11.1 Å². The summed E-state index contributed by atoms with van der Waals surface area (Å²) >= 11 is 0. The highest BCUT2D eigenvalue weighted by atomic mass is 16.8. The number of ether oxygens (including phenoxy) is 5. The van der Waals surface area contributed by atoms with Gasteiger partial charge in [0.15, 0.2) is 12.2 Å². The summed E-state index contributed by atoms with van der Waals surface area (Å²) in [4.78, 5) is 32.1. The normalized spacial score (nSPS) is 29.9. The highest BCUT2D eigenvalue weighted by Crippen LogP contribution is 2.38. The van der Waals surface area contributed by atoms with Gasteiger partial charge in [0, 0.05) is 38.4 Å². The predicted molar refractivity (Wildman–Crippen MR) is 194 cm³/mol.